The molecule has 1 aliphatic rings. The average molecular weight is 387 g/mol. The van der Waals surface area contributed by atoms with Crippen molar-refractivity contribution in [3.63, 3.8) is 0 Å². The number of hydrogen-bond donors (Lipinski definition) is 1. The summed E-state index contributed by atoms with van der Waals surface area (Å²) in [5.74, 6) is -0.202. The van der Waals surface area contributed by atoms with Gasteiger partial charge in [-0.15, -0.1) is 0 Å². The molecule has 2 aromatic carbocycles. The molecule has 0 saturated carbocycles. The van der Waals surface area contributed by atoms with E-state index in [0.717, 1.165) is 17.7 Å². The minimum absolute atomic E-state index is 0.0350. The molecule has 1 aliphatic heterocycles. The predicted molar refractivity (Wildman–Crippen MR) is 107 cm³/mol. The van der Waals surface area contributed by atoms with Crippen LogP contribution >= 0.6 is 0 Å². The summed E-state index contributed by atoms with van der Waals surface area (Å²) in [5.41, 5.74) is 2.75. The molecule has 1 fully saturated rings. The van der Waals surface area contributed by atoms with E-state index in [1.54, 1.807) is 25.1 Å². The van der Waals surface area contributed by atoms with Gasteiger partial charge in [-0.1, -0.05) is 37.3 Å². The number of amides is 1. The second kappa shape index (κ2) is 8.23. The Morgan fingerprint density at radius 3 is 2.30 bits per heavy atom. The molecule has 0 bridgehead atoms. The fraction of sp³-hybridized carbons (Fsp3) is 0.381. The predicted octanol–water partition coefficient (Wildman–Crippen LogP) is 3.60. The second-order valence-corrected chi connectivity index (χ2v) is 8.89. The van der Waals surface area contributed by atoms with Crippen LogP contribution in [-0.2, 0) is 21.2 Å². The normalized spacial score (nSPS) is 16.2. The Bertz CT molecular complexity index is 899. The number of carbonyl (C=O) groups is 1. The minimum Gasteiger partial charge on any atom is -0.326 e. The van der Waals surface area contributed by atoms with Crippen molar-refractivity contribution in [3.05, 3.63) is 59.7 Å². The van der Waals surface area contributed by atoms with Gasteiger partial charge in [0.2, 0.25) is 15.9 Å². The molecule has 3 rings (SSSR count). The Balaban J connectivity index is 1.61. The van der Waals surface area contributed by atoms with Crippen LogP contribution in [0.1, 0.15) is 30.9 Å². The molecule has 0 radical (unpaired) electrons. The third-order valence-electron chi connectivity index (χ3n) is 5.17. The molecule has 6 heteroatoms. The first-order chi connectivity index (χ1) is 12.9. The Morgan fingerprint density at radius 1 is 1.07 bits per heavy atom. The third-order valence-corrected chi connectivity index (χ3v) is 7.22. The van der Waals surface area contributed by atoms with Gasteiger partial charge in [-0.25, -0.2) is 8.42 Å². The van der Waals surface area contributed by atoms with Crippen LogP contribution < -0.4 is 5.32 Å². The van der Waals surface area contributed by atoms with Crippen LogP contribution in [0.5, 0.6) is 0 Å². The van der Waals surface area contributed by atoms with Gasteiger partial charge >= 0.3 is 0 Å². The first-order valence-electron chi connectivity index (χ1n) is 9.37. The zero-order valence-electron chi connectivity index (χ0n) is 15.8. The SMILES string of the molecule is CCc1ccc(NC(=O)C2CCN(S(=O)(=O)c3ccccc3C)CC2)cc1. The number of sulfonamides is 1. The number of nitrogens with zero attached hydrogens (tertiary/aromatic N) is 1. The van der Waals surface area contributed by atoms with E-state index in [1.165, 1.54) is 9.87 Å². The number of rotatable bonds is 5. The lowest BCUT2D eigenvalue weighted by Gasteiger charge is -2.31. The van der Waals surface area contributed by atoms with Crippen molar-refractivity contribution in [2.75, 3.05) is 18.4 Å². The Labute approximate surface area is 161 Å². The fourth-order valence-electron chi connectivity index (χ4n) is 3.41. The monoisotopic (exact) mass is 386 g/mol. The van der Waals surface area contributed by atoms with Gasteiger partial charge in [0, 0.05) is 24.7 Å². The Kier molecular flexibility index (Phi) is 5.97. The number of hydrogen-bond acceptors (Lipinski definition) is 3. The third kappa shape index (κ3) is 4.39. The summed E-state index contributed by atoms with van der Waals surface area (Å²) in [6, 6.07) is 14.9. The van der Waals surface area contributed by atoms with Crippen LogP contribution in [0, 0.1) is 12.8 Å². The summed E-state index contributed by atoms with van der Waals surface area (Å²) >= 11 is 0. The van der Waals surface area contributed by atoms with E-state index in [9.17, 15) is 13.2 Å². The number of benzene rings is 2. The van der Waals surface area contributed by atoms with Crippen molar-refractivity contribution in [1.82, 2.24) is 4.31 Å². The Morgan fingerprint density at radius 2 is 1.70 bits per heavy atom. The van der Waals surface area contributed by atoms with Crippen LogP contribution in [0.4, 0.5) is 5.69 Å². The lowest BCUT2D eigenvalue weighted by atomic mass is 9.97. The Hall–Kier alpha value is -2.18. The number of nitrogens with one attached hydrogen (secondary N) is 1. The van der Waals surface area contributed by atoms with Gasteiger partial charge in [0.1, 0.15) is 0 Å². The molecule has 0 atom stereocenters. The van der Waals surface area contributed by atoms with Crippen LogP contribution in [0.2, 0.25) is 0 Å². The number of anilines is 1. The van der Waals surface area contributed by atoms with E-state index in [-0.39, 0.29) is 11.8 Å². The molecule has 0 aromatic heterocycles. The van der Waals surface area contributed by atoms with Crippen molar-refractivity contribution in [3.8, 4) is 0 Å². The molecule has 0 unspecified atom stereocenters. The van der Waals surface area contributed by atoms with Crippen molar-refractivity contribution < 1.29 is 13.2 Å². The smallest absolute Gasteiger partial charge is 0.243 e. The highest BCUT2D eigenvalue weighted by atomic mass is 32.2. The lowest BCUT2D eigenvalue weighted by Crippen LogP contribution is -2.41. The number of piperidine rings is 1. The molecular weight excluding hydrogens is 360 g/mol. The van der Waals surface area contributed by atoms with Gasteiger partial charge in [0.15, 0.2) is 0 Å². The van der Waals surface area contributed by atoms with E-state index in [1.807, 2.05) is 30.3 Å². The molecule has 144 valence electrons. The van der Waals surface area contributed by atoms with E-state index >= 15 is 0 Å². The summed E-state index contributed by atoms with van der Waals surface area (Å²) in [6.07, 6.45) is 2.02. The summed E-state index contributed by atoms with van der Waals surface area (Å²) in [6.45, 7) is 4.62. The summed E-state index contributed by atoms with van der Waals surface area (Å²) < 4.78 is 27.2. The number of carbonyl (C=O) groups excluding carboxylic acids is 1. The highest BCUT2D eigenvalue weighted by Gasteiger charge is 2.32. The zero-order valence-corrected chi connectivity index (χ0v) is 16.6. The zero-order chi connectivity index (χ0) is 19.4. The van der Waals surface area contributed by atoms with Crippen LogP contribution in [0.25, 0.3) is 0 Å². The van der Waals surface area contributed by atoms with Gasteiger partial charge in [-0.2, -0.15) is 4.31 Å². The van der Waals surface area contributed by atoms with Crippen LogP contribution in [0.15, 0.2) is 53.4 Å². The number of aryl methyl sites for hydroxylation is 2. The molecule has 1 saturated heterocycles. The van der Waals surface area contributed by atoms with Crippen molar-refractivity contribution in [1.29, 1.82) is 0 Å². The van der Waals surface area contributed by atoms with E-state index < -0.39 is 10.0 Å². The largest absolute Gasteiger partial charge is 0.326 e. The van der Waals surface area contributed by atoms with Gasteiger partial charge < -0.3 is 5.32 Å². The van der Waals surface area contributed by atoms with E-state index in [0.29, 0.717) is 30.8 Å². The van der Waals surface area contributed by atoms with Gasteiger partial charge in [0.25, 0.3) is 0 Å². The van der Waals surface area contributed by atoms with Gasteiger partial charge in [0.05, 0.1) is 4.90 Å². The van der Waals surface area contributed by atoms with Crippen molar-refractivity contribution in [2.24, 2.45) is 5.92 Å². The van der Waals surface area contributed by atoms with Crippen LogP contribution in [0.3, 0.4) is 0 Å². The lowest BCUT2D eigenvalue weighted by molar-refractivity contribution is -0.120. The molecule has 0 aliphatic carbocycles. The van der Waals surface area contributed by atoms with Crippen molar-refractivity contribution >= 4 is 21.6 Å². The van der Waals surface area contributed by atoms with E-state index in [2.05, 4.69) is 12.2 Å². The molecule has 5 nitrogen and oxygen atoms in total. The first-order valence-corrected chi connectivity index (χ1v) is 10.8. The fourth-order valence-corrected chi connectivity index (χ4v) is 5.11. The topological polar surface area (TPSA) is 66.5 Å². The molecule has 1 amide bonds. The average Bonchev–Trinajstić information content (AvgIpc) is 2.69. The quantitative estimate of drug-likeness (QED) is 0.854. The summed E-state index contributed by atoms with van der Waals surface area (Å²) in [4.78, 5) is 12.9. The van der Waals surface area contributed by atoms with Gasteiger partial charge in [-0.3, -0.25) is 4.79 Å². The molecular formula is C21H26N2O3S. The molecule has 0 spiro atoms. The summed E-state index contributed by atoms with van der Waals surface area (Å²) in [7, 11) is -3.51. The standard InChI is InChI=1S/C21H26N2O3S/c1-3-17-8-10-19(11-9-17)22-21(24)18-12-14-23(15-13-18)27(25,26)20-7-5-4-6-16(20)2/h4-11,18H,3,12-15H2,1-2H3,(H,22,24). The van der Waals surface area contributed by atoms with Crippen molar-refractivity contribution in [2.45, 2.75) is 38.0 Å². The molecule has 2 aromatic rings. The van der Waals surface area contributed by atoms with E-state index in [4.69, 9.17) is 0 Å². The summed E-state index contributed by atoms with van der Waals surface area (Å²) in [5, 5.41) is 2.95. The minimum atomic E-state index is -3.51. The highest BCUT2D eigenvalue weighted by Crippen LogP contribution is 2.26. The maximum Gasteiger partial charge on any atom is 0.243 e. The first kappa shape index (κ1) is 19.6. The second-order valence-electron chi connectivity index (χ2n) is 6.98. The van der Waals surface area contributed by atoms with Gasteiger partial charge in [-0.05, 0) is 55.5 Å². The maximum absolute atomic E-state index is 12.9. The maximum atomic E-state index is 12.9. The highest BCUT2D eigenvalue weighted by molar-refractivity contribution is 7.89. The molecule has 27 heavy (non-hydrogen) atoms. The van der Waals surface area contributed by atoms with Crippen LogP contribution in [-0.4, -0.2) is 31.7 Å². The molecule has 1 heterocycles. The molecule has 1 N–H and O–H groups in total.